The van der Waals surface area contributed by atoms with Crippen LogP contribution in [0, 0.1) is 6.92 Å². The zero-order valence-electron chi connectivity index (χ0n) is 10.4. The van der Waals surface area contributed by atoms with E-state index in [1.165, 1.54) is 0 Å². The molecule has 94 valence electrons. The Labute approximate surface area is 101 Å². The van der Waals surface area contributed by atoms with Gasteiger partial charge >= 0.3 is 0 Å². The fourth-order valence-corrected chi connectivity index (χ4v) is 1.54. The highest BCUT2D eigenvalue weighted by atomic mass is 16.5. The Morgan fingerprint density at radius 2 is 2.06 bits per heavy atom. The van der Waals surface area contributed by atoms with E-state index < -0.39 is 0 Å². The third-order valence-corrected chi connectivity index (χ3v) is 2.51. The third-order valence-electron chi connectivity index (χ3n) is 2.51. The zero-order valence-corrected chi connectivity index (χ0v) is 10.4. The number of nitrogens with one attached hydrogen (secondary N) is 1. The van der Waals surface area contributed by atoms with Crippen molar-refractivity contribution in [3.63, 3.8) is 0 Å². The van der Waals surface area contributed by atoms with Gasteiger partial charge in [-0.1, -0.05) is 0 Å². The highest BCUT2D eigenvalue weighted by molar-refractivity contribution is 5.77. The number of carbonyl (C=O) groups is 1. The SMILES string of the molecule is COc1cc(C)c(CNC(=O)CN)c(OC)c1. The van der Waals surface area contributed by atoms with Gasteiger partial charge in [-0.05, 0) is 18.6 Å². The lowest BCUT2D eigenvalue weighted by Gasteiger charge is -2.14. The lowest BCUT2D eigenvalue weighted by atomic mass is 10.1. The monoisotopic (exact) mass is 238 g/mol. The molecule has 0 fully saturated rings. The minimum absolute atomic E-state index is 0.0164. The Hall–Kier alpha value is -1.75. The summed E-state index contributed by atoms with van der Waals surface area (Å²) in [6.45, 7) is 2.32. The first kappa shape index (κ1) is 13.3. The molecule has 0 aliphatic rings. The smallest absolute Gasteiger partial charge is 0.234 e. The van der Waals surface area contributed by atoms with Gasteiger partial charge < -0.3 is 20.5 Å². The average molecular weight is 238 g/mol. The van der Waals surface area contributed by atoms with Crippen LogP contribution in [0.1, 0.15) is 11.1 Å². The number of ether oxygens (including phenoxy) is 2. The summed E-state index contributed by atoms with van der Waals surface area (Å²) < 4.78 is 10.4. The van der Waals surface area contributed by atoms with E-state index in [0.29, 0.717) is 12.3 Å². The summed E-state index contributed by atoms with van der Waals surface area (Å²) in [5, 5.41) is 2.72. The van der Waals surface area contributed by atoms with Gasteiger partial charge in [0.1, 0.15) is 11.5 Å². The van der Waals surface area contributed by atoms with Crippen LogP contribution in [-0.4, -0.2) is 26.7 Å². The highest BCUT2D eigenvalue weighted by Gasteiger charge is 2.10. The van der Waals surface area contributed by atoms with Gasteiger partial charge in [-0.25, -0.2) is 0 Å². The number of nitrogens with two attached hydrogens (primary N) is 1. The zero-order chi connectivity index (χ0) is 12.8. The van der Waals surface area contributed by atoms with Crippen LogP contribution < -0.4 is 20.5 Å². The largest absolute Gasteiger partial charge is 0.497 e. The molecule has 0 heterocycles. The average Bonchev–Trinajstić information content (AvgIpc) is 2.35. The Balaban J connectivity index is 2.93. The number of methoxy groups -OCH3 is 2. The van der Waals surface area contributed by atoms with Gasteiger partial charge in [0.25, 0.3) is 0 Å². The summed E-state index contributed by atoms with van der Waals surface area (Å²) in [5.41, 5.74) is 7.15. The van der Waals surface area contributed by atoms with E-state index in [2.05, 4.69) is 5.32 Å². The number of benzene rings is 1. The van der Waals surface area contributed by atoms with Crippen molar-refractivity contribution in [2.24, 2.45) is 5.73 Å². The molecule has 0 bridgehead atoms. The first-order valence-corrected chi connectivity index (χ1v) is 5.30. The maximum Gasteiger partial charge on any atom is 0.234 e. The lowest BCUT2D eigenvalue weighted by molar-refractivity contribution is -0.119. The molecule has 5 heteroatoms. The quantitative estimate of drug-likeness (QED) is 0.787. The molecule has 1 aromatic rings. The fourth-order valence-electron chi connectivity index (χ4n) is 1.54. The summed E-state index contributed by atoms with van der Waals surface area (Å²) in [6, 6.07) is 3.68. The molecule has 0 saturated carbocycles. The highest BCUT2D eigenvalue weighted by Crippen LogP contribution is 2.28. The summed E-state index contributed by atoms with van der Waals surface area (Å²) in [7, 11) is 3.19. The van der Waals surface area contributed by atoms with Gasteiger partial charge in [-0.15, -0.1) is 0 Å². The molecule has 0 spiro atoms. The van der Waals surface area contributed by atoms with Crippen molar-refractivity contribution < 1.29 is 14.3 Å². The Kier molecular flexibility index (Phi) is 4.78. The molecular formula is C12H18N2O3. The van der Waals surface area contributed by atoms with Crippen LogP contribution in [0.15, 0.2) is 12.1 Å². The van der Waals surface area contributed by atoms with Crippen LogP contribution in [0.2, 0.25) is 0 Å². The molecule has 0 atom stereocenters. The topological polar surface area (TPSA) is 73.6 Å². The van der Waals surface area contributed by atoms with Crippen molar-refractivity contribution >= 4 is 5.91 Å². The molecule has 0 unspecified atom stereocenters. The van der Waals surface area contributed by atoms with E-state index in [1.54, 1.807) is 20.3 Å². The van der Waals surface area contributed by atoms with Crippen LogP contribution in [0.4, 0.5) is 0 Å². The Morgan fingerprint density at radius 1 is 1.35 bits per heavy atom. The third kappa shape index (κ3) is 3.35. The molecule has 0 aromatic heterocycles. The van der Waals surface area contributed by atoms with Gasteiger partial charge in [0.2, 0.25) is 5.91 Å². The first-order chi connectivity index (χ1) is 8.12. The predicted molar refractivity (Wildman–Crippen MR) is 65.2 cm³/mol. The normalized spacial score (nSPS) is 9.88. The van der Waals surface area contributed by atoms with Crippen LogP contribution in [-0.2, 0) is 11.3 Å². The Bertz CT molecular complexity index is 405. The van der Waals surface area contributed by atoms with Crippen LogP contribution in [0.3, 0.4) is 0 Å². The molecule has 17 heavy (non-hydrogen) atoms. The van der Waals surface area contributed by atoms with Gasteiger partial charge in [-0.3, -0.25) is 4.79 Å². The molecule has 3 N–H and O–H groups in total. The number of carbonyl (C=O) groups excluding carboxylic acids is 1. The van der Waals surface area contributed by atoms with Crippen LogP contribution in [0.25, 0.3) is 0 Å². The van der Waals surface area contributed by atoms with Crippen LogP contribution >= 0.6 is 0 Å². The van der Waals surface area contributed by atoms with Gasteiger partial charge in [-0.2, -0.15) is 0 Å². The molecule has 0 saturated heterocycles. The van der Waals surface area contributed by atoms with E-state index in [9.17, 15) is 4.79 Å². The second-order valence-corrected chi connectivity index (χ2v) is 3.61. The number of aryl methyl sites for hydroxylation is 1. The van der Waals surface area contributed by atoms with Crippen LogP contribution in [0.5, 0.6) is 11.5 Å². The summed E-state index contributed by atoms with van der Waals surface area (Å²) in [4.78, 5) is 11.1. The molecule has 0 aliphatic heterocycles. The van der Waals surface area contributed by atoms with Gasteiger partial charge in [0, 0.05) is 18.2 Å². The number of amides is 1. The molecule has 1 amide bonds. The van der Waals surface area contributed by atoms with E-state index in [-0.39, 0.29) is 12.5 Å². The minimum Gasteiger partial charge on any atom is -0.497 e. The minimum atomic E-state index is -0.192. The molecular weight excluding hydrogens is 220 g/mol. The number of hydrogen-bond donors (Lipinski definition) is 2. The molecule has 0 radical (unpaired) electrons. The van der Waals surface area contributed by atoms with E-state index >= 15 is 0 Å². The van der Waals surface area contributed by atoms with Crippen molar-refractivity contribution in [3.8, 4) is 11.5 Å². The van der Waals surface area contributed by atoms with E-state index in [4.69, 9.17) is 15.2 Å². The number of rotatable bonds is 5. The standard InChI is InChI=1S/C12H18N2O3/c1-8-4-9(16-2)5-11(17-3)10(8)7-14-12(15)6-13/h4-5H,6-7,13H2,1-3H3,(H,14,15). The van der Waals surface area contributed by atoms with Crippen molar-refractivity contribution in [3.05, 3.63) is 23.3 Å². The van der Waals surface area contributed by atoms with E-state index in [0.717, 1.165) is 16.9 Å². The maximum atomic E-state index is 11.1. The maximum absolute atomic E-state index is 11.1. The first-order valence-electron chi connectivity index (χ1n) is 5.30. The lowest BCUT2D eigenvalue weighted by Crippen LogP contribution is -2.30. The van der Waals surface area contributed by atoms with E-state index in [1.807, 2.05) is 13.0 Å². The van der Waals surface area contributed by atoms with Crippen molar-refractivity contribution in [1.82, 2.24) is 5.32 Å². The fraction of sp³-hybridized carbons (Fsp3) is 0.417. The molecule has 1 aromatic carbocycles. The summed E-state index contributed by atoms with van der Waals surface area (Å²) in [6.07, 6.45) is 0. The Morgan fingerprint density at radius 3 is 2.59 bits per heavy atom. The molecule has 0 aliphatic carbocycles. The van der Waals surface area contributed by atoms with Gasteiger partial charge in [0.05, 0.1) is 20.8 Å². The predicted octanol–water partition coefficient (Wildman–Crippen LogP) is 0.587. The van der Waals surface area contributed by atoms with Crippen molar-refractivity contribution in [1.29, 1.82) is 0 Å². The second kappa shape index (κ2) is 6.10. The molecule has 5 nitrogen and oxygen atoms in total. The summed E-state index contributed by atoms with van der Waals surface area (Å²) >= 11 is 0. The van der Waals surface area contributed by atoms with Crippen molar-refractivity contribution in [2.45, 2.75) is 13.5 Å². The van der Waals surface area contributed by atoms with Crippen molar-refractivity contribution in [2.75, 3.05) is 20.8 Å². The number of hydrogen-bond acceptors (Lipinski definition) is 4. The summed E-state index contributed by atoms with van der Waals surface area (Å²) in [5.74, 6) is 1.23. The van der Waals surface area contributed by atoms with Gasteiger partial charge in [0.15, 0.2) is 0 Å². The second-order valence-electron chi connectivity index (χ2n) is 3.61. The molecule has 1 rings (SSSR count).